The van der Waals surface area contributed by atoms with Crippen molar-refractivity contribution >= 4 is 34.8 Å². The Morgan fingerprint density at radius 3 is 2.76 bits per heavy atom. The first-order valence-electron chi connectivity index (χ1n) is 6.69. The minimum absolute atomic E-state index is 0.156. The smallest absolute Gasteiger partial charge is 0.256 e. The number of amides is 1. The Morgan fingerprint density at radius 2 is 2.00 bits per heavy atom. The number of carbonyl (C=O) groups is 1. The van der Waals surface area contributed by atoms with Crippen molar-refractivity contribution in [2.75, 3.05) is 11.2 Å². The number of hydrogen-bond acceptors (Lipinski definition) is 2. The third-order valence-electron chi connectivity index (χ3n) is 3.49. The summed E-state index contributed by atoms with van der Waals surface area (Å²) in [5.41, 5.74) is 3.91. The largest absolute Gasteiger partial charge is 0.507 e. The Bertz CT molecular complexity index is 737. The number of phenolic OH excluding ortho intramolecular Hbond substituents is 1. The van der Waals surface area contributed by atoms with Crippen LogP contribution in [0.5, 0.6) is 5.75 Å². The maximum atomic E-state index is 12.1. The number of fused-ring (bicyclic) bond motifs is 1. The predicted octanol–water partition coefficient (Wildman–Crippen LogP) is 3.67. The molecule has 3 nitrogen and oxygen atoms in total. The summed E-state index contributed by atoms with van der Waals surface area (Å²) in [5.74, 6) is 0.540. The number of anilines is 1. The van der Waals surface area contributed by atoms with Crippen LogP contribution in [0.15, 0.2) is 42.5 Å². The van der Waals surface area contributed by atoms with Crippen molar-refractivity contribution in [2.45, 2.75) is 6.42 Å². The number of alkyl halides is 1. The van der Waals surface area contributed by atoms with Crippen LogP contribution in [0, 0.1) is 0 Å². The van der Waals surface area contributed by atoms with E-state index in [4.69, 9.17) is 11.6 Å². The average Bonchev–Trinajstić information content (AvgIpc) is 2.78. The molecule has 21 heavy (non-hydrogen) atoms. The van der Waals surface area contributed by atoms with Crippen LogP contribution in [-0.4, -0.2) is 16.9 Å². The molecule has 0 saturated carbocycles. The molecule has 3 rings (SSSR count). The molecule has 0 radical (unpaired) electrons. The summed E-state index contributed by atoms with van der Waals surface area (Å²) in [7, 11) is 0. The molecule has 1 aliphatic rings. The summed E-state index contributed by atoms with van der Waals surface area (Å²) in [6.45, 7) is 0. The quantitative estimate of drug-likeness (QED) is 0.671. The molecule has 1 aliphatic heterocycles. The van der Waals surface area contributed by atoms with Crippen molar-refractivity contribution in [3.05, 3.63) is 59.2 Å². The predicted molar refractivity (Wildman–Crippen MR) is 85.5 cm³/mol. The molecule has 4 heteroatoms. The van der Waals surface area contributed by atoms with E-state index in [0.717, 1.165) is 23.2 Å². The molecule has 2 N–H and O–H groups in total. The highest BCUT2D eigenvalue weighted by Gasteiger charge is 2.24. The van der Waals surface area contributed by atoms with Gasteiger partial charge in [0.1, 0.15) is 5.75 Å². The van der Waals surface area contributed by atoms with Gasteiger partial charge in [-0.05, 0) is 36.3 Å². The number of aromatic hydroxyl groups is 1. The van der Waals surface area contributed by atoms with E-state index in [1.165, 1.54) is 0 Å². The van der Waals surface area contributed by atoms with Crippen LogP contribution in [0.3, 0.4) is 0 Å². The van der Waals surface area contributed by atoms with Crippen LogP contribution in [0.4, 0.5) is 5.69 Å². The topological polar surface area (TPSA) is 49.3 Å². The zero-order valence-electron chi connectivity index (χ0n) is 11.3. The Labute approximate surface area is 127 Å². The second kappa shape index (κ2) is 5.62. The molecule has 0 spiro atoms. The first-order chi connectivity index (χ1) is 10.2. The highest BCUT2D eigenvalue weighted by molar-refractivity contribution is 6.35. The van der Waals surface area contributed by atoms with Crippen LogP contribution in [-0.2, 0) is 11.2 Å². The van der Waals surface area contributed by atoms with Gasteiger partial charge in [-0.3, -0.25) is 4.79 Å². The number of para-hydroxylation sites is 1. The normalized spacial score (nSPS) is 15.1. The second-order valence-electron chi connectivity index (χ2n) is 4.89. The molecule has 1 heterocycles. The molecule has 0 saturated heterocycles. The van der Waals surface area contributed by atoms with Crippen molar-refractivity contribution in [1.29, 1.82) is 0 Å². The Morgan fingerprint density at radius 1 is 1.19 bits per heavy atom. The third kappa shape index (κ3) is 2.65. The van der Waals surface area contributed by atoms with Gasteiger partial charge in [0.05, 0.1) is 0 Å². The summed E-state index contributed by atoms with van der Waals surface area (Å²) >= 11 is 5.77. The molecule has 0 aromatic heterocycles. The fourth-order valence-corrected chi connectivity index (χ4v) is 2.63. The van der Waals surface area contributed by atoms with E-state index in [0.29, 0.717) is 17.0 Å². The lowest BCUT2D eigenvalue weighted by atomic mass is 10.0. The lowest BCUT2D eigenvalue weighted by molar-refractivity contribution is -0.110. The number of phenols is 1. The molecule has 2 aromatic rings. The minimum atomic E-state index is -0.156. The highest BCUT2D eigenvalue weighted by atomic mass is 35.5. The second-order valence-corrected chi connectivity index (χ2v) is 5.27. The standard InChI is InChI=1S/C17H14ClNO2/c18-8-7-11-5-6-15-13(9-11)14(17(21)19-15)10-12-3-1-2-4-16(12)20/h1-6,9-10,20H,7-8H2,(H,19,21). The van der Waals surface area contributed by atoms with Gasteiger partial charge in [-0.15, -0.1) is 11.6 Å². The molecule has 0 aliphatic carbocycles. The Hall–Kier alpha value is -2.26. The van der Waals surface area contributed by atoms with Gasteiger partial charge in [-0.25, -0.2) is 0 Å². The van der Waals surface area contributed by atoms with E-state index >= 15 is 0 Å². The van der Waals surface area contributed by atoms with Crippen molar-refractivity contribution < 1.29 is 9.90 Å². The maximum Gasteiger partial charge on any atom is 0.256 e. The molecular formula is C17H14ClNO2. The average molecular weight is 300 g/mol. The molecule has 0 bridgehead atoms. The lowest BCUT2D eigenvalue weighted by Crippen LogP contribution is -2.03. The summed E-state index contributed by atoms with van der Waals surface area (Å²) in [6, 6.07) is 12.8. The van der Waals surface area contributed by atoms with Crippen molar-refractivity contribution in [1.82, 2.24) is 0 Å². The van der Waals surface area contributed by atoms with Gasteiger partial charge in [-0.2, -0.15) is 0 Å². The minimum Gasteiger partial charge on any atom is -0.507 e. The number of carbonyl (C=O) groups excluding carboxylic acids is 1. The van der Waals surface area contributed by atoms with Crippen LogP contribution < -0.4 is 5.32 Å². The highest BCUT2D eigenvalue weighted by Crippen LogP contribution is 2.35. The monoisotopic (exact) mass is 299 g/mol. The number of halogens is 1. The van der Waals surface area contributed by atoms with Gasteiger partial charge >= 0.3 is 0 Å². The van der Waals surface area contributed by atoms with Crippen molar-refractivity contribution in [3.63, 3.8) is 0 Å². The zero-order chi connectivity index (χ0) is 14.8. The van der Waals surface area contributed by atoms with E-state index in [9.17, 15) is 9.90 Å². The lowest BCUT2D eigenvalue weighted by Gasteiger charge is -2.03. The van der Waals surface area contributed by atoms with E-state index in [1.807, 2.05) is 24.3 Å². The van der Waals surface area contributed by atoms with Gasteiger partial charge < -0.3 is 10.4 Å². The number of nitrogens with one attached hydrogen (secondary N) is 1. The van der Waals surface area contributed by atoms with Gasteiger partial charge in [0.15, 0.2) is 0 Å². The fourth-order valence-electron chi connectivity index (χ4n) is 2.41. The van der Waals surface area contributed by atoms with Crippen LogP contribution >= 0.6 is 11.6 Å². The van der Waals surface area contributed by atoms with E-state index in [2.05, 4.69) is 5.32 Å². The summed E-state index contributed by atoms with van der Waals surface area (Å²) in [6.07, 6.45) is 2.47. The fraction of sp³-hybridized carbons (Fsp3) is 0.118. The molecule has 1 amide bonds. The molecule has 0 atom stereocenters. The van der Waals surface area contributed by atoms with Crippen LogP contribution in [0.2, 0.25) is 0 Å². The summed E-state index contributed by atoms with van der Waals surface area (Å²) in [5, 5.41) is 12.7. The van der Waals surface area contributed by atoms with Gasteiger partial charge in [0.25, 0.3) is 5.91 Å². The van der Waals surface area contributed by atoms with Gasteiger partial charge in [-0.1, -0.05) is 24.3 Å². The summed E-state index contributed by atoms with van der Waals surface area (Å²) < 4.78 is 0. The number of aryl methyl sites for hydroxylation is 1. The van der Waals surface area contributed by atoms with Crippen molar-refractivity contribution in [2.24, 2.45) is 0 Å². The van der Waals surface area contributed by atoms with Crippen LogP contribution in [0.1, 0.15) is 16.7 Å². The molecule has 106 valence electrons. The Balaban J connectivity index is 2.07. The molecule has 2 aromatic carbocycles. The first kappa shape index (κ1) is 13.7. The molecule has 0 fully saturated rings. The zero-order valence-corrected chi connectivity index (χ0v) is 12.0. The molecule has 0 unspecified atom stereocenters. The van der Waals surface area contributed by atoms with E-state index < -0.39 is 0 Å². The Kier molecular flexibility index (Phi) is 3.67. The summed E-state index contributed by atoms with van der Waals surface area (Å²) in [4.78, 5) is 12.1. The van der Waals surface area contributed by atoms with Crippen molar-refractivity contribution in [3.8, 4) is 5.75 Å². The third-order valence-corrected chi connectivity index (χ3v) is 3.68. The SMILES string of the molecule is O=C1Nc2ccc(CCCl)cc2C1=Cc1ccccc1O. The molecular weight excluding hydrogens is 286 g/mol. The number of hydrogen-bond donors (Lipinski definition) is 2. The van der Waals surface area contributed by atoms with E-state index in [1.54, 1.807) is 24.3 Å². The maximum absolute atomic E-state index is 12.1. The van der Waals surface area contributed by atoms with E-state index in [-0.39, 0.29) is 11.7 Å². The van der Waals surface area contributed by atoms with Gasteiger partial charge in [0, 0.05) is 28.3 Å². The first-order valence-corrected chi connectivity index (χ1v) is 7.23. The number of rotatable bonds is 3. The van der Waals surface area contributed by atoms with Crippen LogP contribution in [0.25, 0.3) is 11.6 Å². The number of benzene rings is 2. The van der Waals surface area contributed by atoms with Gasteiger partial charge in [0.2, 0.25) is 0 Å².